The van der Waals surface area contributed by atoms with Crippen molar-refractivity contribution >= 4 is 5.69 Å². The fourth-order valence-electron chi connectivity index (χ4n) is 3.79. The lowest BCUT2D eigenvalue weighted by Gasteiger charge is -2.26. The van der Waals surface area contributed by atoms with Crippen LogP contribution in [-0.2, 0) is 0 Å². The highest BCUT2D eigenvalue weighted by Crippen LogP contribution is 2.40. The molecule has 0 saturated carbocycles. The molecule has 0 aromatic heterocycles. The predicted octanol–water partition coefficient (Wildman–Crippen LogP) is 3.39. The maximum absolute atomic E-state index is 3.56. The second-order valence-electron chi connectivity index (χ2n) is 6.15. The molecule has 2 atom stereocenters. The first-order chi connectivity index (χ1) is 9.38. The van der Waals surface area contributed by atoms with E-state index in [4.69, 9.17) is 0 Å². The lowest BCUT2D eigenvalue weighted by molar-refractivity contribution is 0.338. The minimum atomic E-state index is 0.757. The van der Waals surface area contributed by atoms with Crippen LogP contribution < -0.4 is 10.2 Å². The molecular formula is C17H26N2. The first-order valence-electron chi connectivity index (χ1n) is 7.93. The predicted molar refractivity (Wildman–Crippen MR) is 81.9 cm³/mol. The molecule has 2 aliphatic heterocycles. The van der Waals surface area contributed by atoms with E-state index in [2.05, 4.69) is 41.4 Å². The van der Waals surface area contributed by atoms with E-state index in [1.165, 1.54) is 57.5 Å². The van der Waals surface area contributed by atoms with Gasteiger partial charge in [-0.05, 0) is 56.3 Å². The first kappa shape index (κ1) is 13.0. The number of fused-ring (bicyclic) bond motifs is 1. The van der Waals surface area contributed by atoms with Gasteiger partial charge in [-0.25, -0.2) is 0 Å². The van der Waals surface area contributed by atoms with Crippen molar-refractivity contribution in [2.75, 3.05) is 31.1 Å². The highest BCUT2D eigenvalue weighted by atomic mass is 15.2. The number of piperidine rings is 1. The van der Waals surface area contributed by atoms with Crippen molar-refractivity contribution in [3.05, 3.63) is 29.8 Å². The molecule has 1 saturated heterocycles. The molecule has 0 radical (unpaired) electrons. The largest absolute Gasteiger partial charge is 0.371 e. The Labute approximate surface area is 117 Å². The zero-order valence-electron chi connectivity index (χ0n) is 12.1. The van der Waals surface area contributed by atoms with Crippen LogP contribution >= 0.6 is 0 Å². The smallest absolute Gasteiger partial charge is 0.0402 e. The molecule has 3 rings (SSSR count). The SMILES string of the molecule is CCCN1CC(CC2CCCNC2)c2ccccc21. The zero-order chi connectivity index (χ0) is 13.1. The molecule has 1 N–H and O–H groups in total. The minimum Gasteiger partial charge on any atom is -0.371 e. The Morgan fingerprint density at radius 3 is 3.00 bits per heavy atom. The molecule has 0 aliphatic carbocycles. The van der Waals surface area contributed by atoms with Gasteiger partial charge in [-0.2, -0.15) is 0 Å². The molecule has 2 heteroatoms. The van der Waals surface area contributed by atoms with Crippen LogP contribution in [0.25, 0.3) is 0 Å². The molecule has 104 valence electrons. The molecular weight excluding hydrogens is 232 g/mol. The van der Waals surface area contributed by atoms with E-state index >= 15 is 0 Å². The van der Waals surface area contributed by atoms with Gasteiger partial charge >= 0.3 is 0 Å². The summed E-state index contributed by atoms with van der Waals surface area (Å²) in [6, 6.07) is 9.06. The quantitative estimate of drug-likeness (QED) is 0.890. The maximum Gasteiger partial charge on any atom is 0.0402 e. The summed E-state index contributed by atoms with van der Waals surface area (Å²) in [7, 11) is 0. The van der Waals surface area contributed by atoms with E-state index in [9.17, 15) is 0 Å². The molecule has 19 heavy (non-hydrogen) atoms. The van der Waals surface area contributed by atoms with Crippen LogP contribution in [0, 0.1) is 5.92 Å². The Hall–Kier alpha value is -1.02. The minimum absolute atomic E-state index is 0.757. The maximum atomic E-state index is 3.56. The number of nitrogens with one attached hydrogen (secondary N) is 1. The van der Waals surface area contributed by atoms with Crippen molar-refractivity contribution in [3.8, 4) is 0 Å². The Morgan fingerprint density at radius 1 is 1.32 bits per heavy atom. The lowest BCUT2D eigenvalue weighted by atomic mass is 9.86. The van der Waals surface area contributed by atoms with Gasteiger partial charge in [0.05, 0.1) is 0 Å². The molecule has 2 aliphatic rings. The van der Waals surface area contributed by atoms with E-state index in [1.807, 2.05) is 0 Å². The van der Waals surface area contributed by atoms with E-state index in [0.717, 1.165) is 11.8 Å². The summed E-state index contributed by atoms with van der Waals surface area (Å²) in [5.74, 6) is 1.64. The average molecular weight is 258 g/mol. The normalized spacial score (nSPS) is 26.5. The summed E-state index contributed by atoms with van der Waals surface area (Å²) < 4.78 is 0. The summed E-state index contributed by atoms with van der Waals surface area (Å²) in [5, 5.41) is 3.56. The van der Waals surface area contributed by atoms with Gasteiger partial charge in [0.1, 0.15) is 0 Å². The number of hydrogen-bond acceptors (Lipinski definition) is 2. The number of hydrogen-bond donors (Lipinski definition) is 1. The third kappa shape index (κ3) is 2.79. The van der Waals surface area contributed by atoms with Crippen molar-refractivity contribution in [3.63, 3.8) is 0 Å². The number of nitrogens with zero attached hydrogens (tertiary/aromatic N) is 1. The molecule has 0 bridgehead atoms. The summed E-state index contributed by atoms with van der Waals surface area (Å²) in [6.45, 7) is 7.17. The van der Waals surface area contributed by atoms with Crippen molar-refractivity contribution in [1.29, 1.82) is 0 Å². The van der Waals surface area contributed by atoms with Gasteiger partial charge in [-0.15, -0.1) is 0 Å². The first-order valence-corrected chi connectivity index (χ1v) is 7.93. The van der Waals surface area contributed by atoms with Crippen molar-refractivity contribution in [1.82, 2.24) is 5.32 Å². The van der Waals surface area contributed by atoms with Crippen LogP contribution in [0.5, 0.6) is 0 Å². The molecule has 0 amide bonds. The highest BCUT2D eigenvalue weighted by Gasteiger charge is 2.29. The number of para-hydroxylation sites is 1. The van der Waals surface area contributed by atoms with Gasteiger partial charge in [0, 0.05) is 24.7 Å². The van der Waals surface area contributed by atoms with Crippen LogP contribution in [0.3, 0.4) is 0 Å². The van der Waals surface area contributed by atoms with Crippen LogP contribution in [0.15, 0.2) is 24.3 Å². The third-order valence-corrected chi connectivity index (χ3v) is 4.67. The summed E-state index contributed by atoms with van der Waals surface area (Å²) in [6.07, 6.45) is 5.38. The fourth-order valence-corrected chi connectivity index (χ4v) is 3.79. The fraction of sp³-hybridized carbons (Fsp3) is 0.647. The molecule has 1 aromatic carbocycles. The standard InChI is InChI=1S/C17H26N2/c1-2-10-19-13-15(11-14-6-5-9-18-12-14)16-7-3-4-8-17(16)19/h3-4,7-8,14-15,18H,2,5-6,9-13H2,1H3. The van der Waals surface area contributed by atoms with Crippen LogP contribution in [0.2, 0.25) is 0 Å². The summed E-state index contributed by atoms with van der Waals surface area (Å²) >= 11 is 0. The molecule has 2 nitrogen and oxygen atoms in total. The Kier molecular flexibility index (Phi) is 4.07. The van der Waals surface area contributed by atoms with E-state index < -0.39 is 0 Å². The van der Waals surface area contributed by atoms with E-state index in [0.29, 0.717) is 0 Å². The Morgan fingerprint density at radius 2 is 2.21 bits per heavy atom. The van der Waals surface area contributed by atoms with Gasteiger partial charge in [0.25, 0.3) is 0 Å². The Bertz CT molecular complexity index is 409. The van der Waals surface area contributed by atoms with Crippen LogP contribution in [0.4, 0.5) is 5.69 Å². The lowest BCUT2D eigenvalue weighted by Crippen LogP contribution is -2.31. The number of benzene rings is 1. The summed E-state index contributed by atoms with van der Waals surface area (Å²) in [5.41, 5.74) is 3.10. The van der Waals surface area contributed by atoms with Crippen LogP contribution in [-0.4, -0.2) is 26.2 Å². The van der Waals surface area contributed by atoms with Crippen LogP contribution in [0.1, 0.15) is 44.1 Å². The molecule has 0 spiro atoms. The molecule has 1 aromatic rings. The van der Waals surface area contributed by atoms with Crippen molar-refractivity contribution in [2.24, 2.45) is 5.92 Å². The second kappa shape index (κ2) is 5.96. The Balaban J connectivity index is 1.72. The second-order valence-corrected chi connectivity index (χ2v) is 6.15. The molecule has 1 fully saturated rings. The topological polar surface area (TPSA) is 15.3 Å². The monoisotopic (exact) mass is 258 g/mol. The van der Waals surface area contributed by atoms with E-state index in [-0.39, 0.29) is 0 Å². The van der Waals surface area contributed by atoms with Crippen molar-refractivity contribution < 1.29 is 0 Å². The highest BCUT2D eigenvalue weighted by molar-refractivity contribution is 5.60. The summed E-state index contributed by atoms with van der Waals surface area (Å²) in [4.78, 5) is 2.59. The molecule has 2 heterocycles. The third-order valence-electron chi connectivity index (χ3n) is 4.67. The average Bonchev–Trinajstić information content (AvgIpc) is 2.79. The van der Waals surface area contributed by atoms with Gasteiger partial charge in [0.2, 0.25) is 0 Å². The van der Waals surface area contributed by atoms with Gasteiger partial charge < -0.3 is 10.2 Å². The van der Waals surface area contributed by atoms with Gasteiger partial charge in [0.15, 0.2) is 0 Å². The van der Waals surface area contributed by atoms with Crippen molar-refractivity contribution in [2.45, 2.75) is 38.5 Å². The van der Waals surface area contributed by atoms with E-state index in [1.54, 1.807) is 5.56 Å². The molecule has 2 unspecified atom stereocenters. The van der Waals surface area contributed by atoms with Gasteiger partial charge in [-0.1, -0.05) is 25.1 Å². The van der Waals surface area contributed by atoms with Gasteiger partial charge in [-0.3, -0.25) is 0 Å². The zero-order valence-corrected chi connectivity index (χ0v) is 12.1. The number of rotatable bonds is 4. The number of anilines is 1.